The van der Waals surface area contributed by atoms with Crippen molar-refractivity contribution < 1.29 is 14.4 Å². The number of nitrogens with zero attached hydrogens (tertiary/aromatic N) is 1. The Hall–Kier alpha value is -1.88. The number of carbonyl (C=O) groups is 3. The average Bonchev–Trinajstić information content (AvgIpc) is 2.43. The van der Waals surface area contributed by atoms with Gasteiger partial charge in [-0.3, -0.25) is 14.9 Å². The molecule has 6 heteroatoms. The topological polar surface area (TPSA) is 66.5 Å². The van der Waals surface area contributed by atoms with Crippen LogP contribution in [0.1, 0.15) is 5.56 Å². The molecule has 1 heterocycles. The summed E-state index contributed by atoms with van der Waals surface area (Å²) in [7, 11) is 0. The number of nitrogens with one attached hydrogen (secondary N) is 1. The summed E-state index contributed by atoms with van der Waals surface area (Å²) in [5, 5.41) is 2.42. The number of halogens is 1. The fourth-order valence-corrected chi connectivity index (χ4v) is 1.72. The van der Waals surface area contributed by atoms with Crippen LogP contribution >= 0.6 is 11.6 Å². The van der Waals surface area contributed by atoms with Crippen LogP contribution in [-0.4, -0.2) is 17.8 Å². The zero-order valence-corrected chi connectivity index (χ0v) is 9.04. The van der Waals surface area contributed by atoms with Gasteiger partial charge in [-0.15, -0.1) is 0 Å². The maximum absolute atomic E-state index is 11.4. The molecule has 0 unspecified atom stereocenters. The highest BCUT2D eigenvalue weighted by Crippen LogP contribution is 2.25. The molecule has 0 aromatic heterocycles. The normalized spacial score (nSPS) is 15.6. The SMILES string of the molecule is Cc1cc(Cl)ccc1N1C(=O)NC(=O)C1=O. The molecule has 1 aliphatic rings. The van der Waals surface area contributed by atoms with Gasteiger partial charge in [0.1, 0.15) is 0 Å². The van der Waals surface area contributed by atoms with E-state index in [4.69, 9.17) is 11.6 Å². The Morgan fingerprint density at radius 3 is 2.44 bits per heavy atom. The van der Waals surface area contributed by atoms with Crippen LogP contribution in [0, 0.1) is 6.92 Å². The Labute approximate surface area is 96.0 Å². The summed E-state index contributed by atoms with van der Waals surface area (Å²) in [4.78, 5) is 34.6. The lowest BCUT2D eigenvalue weighted by molar-refractivity contribution is -0.134. The van der Waals surface area contributed by atoms with Crippen LogP contribution in [0.3, 0.4) is 0 Å². The summed E-state index contributed by atoms with van der Waals surface area (Å²) in [6.07, 6.45) is 0. The van der Waals surface area contributed by atoms with Gasteiger partial charge in [-0.2, -0.15) is 0 Å². The molecule has 2 rings (SSSR count). The second-order valence-corrected chi connectivity index (χ2v) is 3.77. The third-order valence-electron chi connectivity index (χ3n) is 2.22. The van der Waals surface area contributed by atoms with Gasteiger partial charge < -0.3 is 0 Å². The summed E-state index contributed by atoms with van der Waals surface area (Å²) in [5.74, 6) is -1.80. The molecular formula is C10H7ClN2O3. The van der Waals surface area contributed by atoms with Gasteiger partial charge in [0.15, 0.2) is 0 Å². The molecular weight excluding hydrogens is 232 g/mol. The van der Waals surface area contributed by atoms with Crippen LogP contribution in [-0.2, 0) is 9.59 Å². The fraction of sp³-hybridized carbons (Fsp3) is 0.100. The Morgan fingerprint density at radius 1 is 1.25 bits per heavy atom. The number of anilines is 1. The molecule has 5 nitrogen and oxygen atoms in total. The number of urea groups is 1. The van der Waals surface area contributed by atoms with Crippen molar-refractivity contribution in [3.8, 4) is 0 Å². The molecule has 1 N–H and O–H groups in total. The van der Waals surface area contributed by atoms with Crippen molar-refractivity contribution in [3.63, 3.8) is 0 Å². The first-order valence-corrected chi connectivity index (χ1v) is 4.84. The van der Waals surface area contributed by atoms with Gasteiger partial charge in [0, 0.05) is 5.02 Å². The van der Waals surface area contributed by atoms with Crippen molar-refractivity contribution >= 4 is 35.1 Å². The zero-order chi connectivity index (χ0) is 11.9. The highest BCUT2D eigenvalue weighted by atomic mass is 35.5. The standard InChI is InChI=1S/C10H7ClN2O3/c1-5-4-6(11)2-3-7(5)13-9(15)8(14)12-10(13)16/h2-4H,1H3,(H,12,14,16). The van der Waals surface area contributed by atoms with Gasteiger partial charge in [-0.05, 0) is 30.7 Å². The number of benzene rings is 1. The molecule has 1 aliphatic heterocycles. The highest BCUT2D eigenvalue weighted by molar-refractivity contribution is 6.53. The van der Waals surface area contributed by atoms with Gasteiger partial charge in [0.05, 0.1) is 5.69 Å². The molecule has 0 aliphatic carbocycles. The minimum atomic E-state index is -0.917. The molecule has 16 heavy (non-hydrogen) atoms. The molecule has 1 saturated heterocycles. The van der Waals surface area contributed by atoms with E-state index in [-0.39, 0.29) is 0 Å². The average molecular weight is 239 g/mol. The van der Waals surface area contributed by atoms with Crippen LogP contribution in [0.5, 0.6) is 0 Å². The summed E-state index contributed by atoms with van der Waals surface area (Å²) >= 11 is 5.75. The number of carbonyl (C=O) groups excluding carboxylic acids is 3. The summed E-state index contributed by atoms with van der Waals surface area (Å²) in [6, 6.07) is 3.95. The van der Waals surface area contributed by atoms with Gasteiger partial charge in [0.2, 0.25) is 0 Å². The van der Waals surface area contributed by atoms with Crippen LogP contribution < -0.4 is 10.2 Å². The van der Waals surface area contributed by atoms with E-state index in [1.54, 1.807) is 19.1 Å². The van der Waals surface area contributed by atoms with E-state index < -0.39 is 17.8 Å². The maximum Gasteiger partial charge on any atom is 0.336 e. The molecule has 4 amide bonds. The fourth-order valence-electron chi connectivity index (χ4n) is 1.49. The van der Waals surface area contributed by atoms with E-state index in [2.05, 4.69) is 0 Å². The van der Waals surface area contributed by atoms with E-state index in [1.165, 1.54) is 6.07 Å². The second kappa shape index (κ2) is 3.61. The van der Waals surface area contributed by atoms with E-state index in [0.717, 1.165) is 4.90 Å². The molecule has 0 radical (unpaired) electrons. The monoisotopic (exact) mass is 238 g/mol. The first-order valence-electron chi connectivity index (χ1n) is 4.46. The Kier molecular flexibility index (Phi) is 2.40. The molecule has 0 saturated carbocycles. The molecule has 82 valence electrons. The number of amides is 4. The van der Waals surface area contributed by atoms with Crippen molar-refractivity contribution in [2.45, 2.75) is 6.92 Å². The smallest absolute Gasteiger partial charge is 0.269 e. The summed E-state index contributed by atoms with van der Waals surface area (Å²) in [6.45, 7) is 1.70. The lowest BCUT2D eigenvalue weighted by Crippen LogP contribution is -2.31. The third kappa shape index (κ3) is 1.55. The van der Waals surface area contributed by atoms with Crippen molar-refractivity contribution in [2.75, 3.05) is 4.90 Å². The van der Waals surface area contributed by atoms with Crippen LogP contribution in [0.15, 0.2) is 18.2 Å². The molecule has 0 atom stereocenters. The summed E-state index contributed by atoms with van der Waals surface area (Å²) < 4.78 is 0. The largest absolute Gasteiger partial charge is 0.336 e. The van der Waals surface area contributed by atoms with Crippen molar-refractivity contribution in [3.05, 3.63) is 28.8 Å². The third-order valence-corrected chi connectivity index (χ3v) is 2.46. The van der Waals surface area contributed by atoms with E-state index in [1.807, 2.05) is 5.32 Å². The van der Waals surface area contributed by atoms with Crippen molar-refractivity contribution in [1.29, 1.82) is 0 Å². The number of aryl methyl sites for hydroxylation is 1. The van der Waals surface area contributed by atoms with E-state index in [9.17, 15) is 14.4 Å². The Morgan fingerprint density at radius 2 is 1.94 bits per heavy atom. The van der Waals surface area contributed by atoms with Crippen LogP contribution in [0.25, 0.3) is 0 Å². The van der Waals surface area contributed by atoms with Gasteiger partial charge in [0.25, 0.3) is 0 Å². The van der Waals surface area contributed by atoms with Crippen molar-refractivity contribution in [1.82, 2.24) is 5.32 Å². The quantitative estimate of drug-likeness (QED) is 0.591. The highest BCUT2D eigenvalue weighted by Gasteiger charge is 2.38. The number of hydrogen-bond donors (Lipinski definition) is 1. The van der Waals surface area contributed by atoms with Gasteiger partial charge in [-0.1, -0.05) is 11.6 Å². The predicted octanol–water partition coefficient (Wildman–Crippen LogP) is 1.23. The number of imide groups is 2. The molecule has 0 spiro atoms. The lowest BCUT2D eigenvalue weighted by atomic mass is 10.2. The molecule has 1 aromatic carbocycles. The number of hydrogen-bond acceptors (Lipinski definition) is 3. The first-order chi connectivity index (χ1) is 7.50. The minimum absolute atomic E-state index is 0.359. The second-order valence-electron chi connectivity index (χ2n) is 3.33. The van der Waals surface area contributed by atoms with Crippen LogP contribution in [0.4, 0.5) is 10.5 Å². The molecule has 1 aromatic rings. The lowest BCUT2D eigenvalue weighted by Gasteiger charge is -2.14. The Bertz CT molecular complexity index is 513. The summed E-state index contributed by atoms with van der Waals surface area (Å²) in [5.41, 5.74) is 1.00. The predicted molar refractivity (Wildman–Crippen MR) is 57.2 cm³/mol. The zero-order valence-electron chi connectivity index (χ0n) is 8.28. The first kappa shape index (κ1) is 10.6. The van der Waals surface area contributed by atoms with Crippen molar-refractivity contribution in [2.24, 2.45) is 0 Å². The van der Waals surface area contributed by atoms with Gasteiger partial charge in [-0.25, -0.2) is 9.69 Å². The Balaban J connectivity index is 2.48. The molecule has 0 bridgehead atoms. The van der Waals surface area contributed by atoms with E-state index >= 15 is 0 Å². The molecule has 1 fully saturated rings. The number of rotatable bonds is 1. The maximum atomic E-state index is 11.4. The minimum Gasteiger partial charge on any atom is -0.269 e. The van der Waals surface area contributed by atoms with Gasteiger partial charge >= 0.3 is 17.8 Å². The van der Waals surface area contributed by atoms with E-state index in [0.29, 0.717) is 16.3 Å². The van der Waals surface area contributed by atoms with Crippen LogP contribution in [0.2, 0.25) is 5.02 Å².